The zero-order valence-electron chi connectivity index (χ0n) is 14.0. The number of nitrogens with zero attached hydrogens (tertiary/aromatic N) is 3. The first kappa shape index (κ1) is 18.5. The summed E-state index contributed by atoms with van der Waals surface area (Å²) >= 11 is 5.90. The lowest BCUT2D eigenvalue weighted by atomic mass is 10.2. The molecule has 1 heterocycles. The summed E-state index contributed by atoms with van der Waals surface area (Å²) in [7, 11) is 0. The van der Waals surface area contributed by atoms with Crippen LogP contribution in [0.5, 0.6) is 0 Å². The summed E-state index contributed by atoms with van der Waals surface area (Å²) in [4.78, 5) is 38.8. The van der Waals surface area contributed by atoms with Crippen LogP contribution >= 0.6 is 11.6 Å². The number of para-hydroxylation sites is 1. The number of hydrogen-bond acceptors (Lipinski definition) is 6. The van der Waals surface area contributed by atoms with Crippen LogP contribution in [-0.4, -0.2) is 27.1 Å². The Hall–Kier alpha value is -3.26. The van der Waals surface area contributed by atoms with E-state index in [1.165, 1.54) is 23.0 Å². The van der Waals surface area contributed by atoms with E-state index in [9.17, 15) is 19.7 Å². The molecule has 3 rings (SSSR count). The van der Waals surface area contributed by atoms with Gasteiger partial charge in [0.2, 0.25) is 0 Å². The molecule has 0 aliphatic rings. The SMILES string of the molecule is O=C(OCCCn1cnc2ccccc2c1=O)c1cc([N+](=O)[O-])ccc1Cl. The highest BCUT2D eigenvalue weighted by Gasteiger charge is 2.17. The molecule has 27 heavy (non-hydrogen) atoms. The molecule has 0 amide bonds. The lowest BCUT2D eigenvalue weighted by Gasteiger charge is -2.08. The van der Waals surface area contributed by atoms with E-state index in [1.54, 1.807) is 24.3 Å². The summed E-state index contributed by atoms with van der Waals surface area (Å²) in [5.74, 6) is -0.757. The Balaban J connectivity index is 1.62. The van der Waals surface area contributed by atoms with Gasteiger partial charge < -0.3 is 4.74 Å². The quantitative estimate of drug-likeness (QED) is 0.278. The van der Waals surface area contributed by atoms with Gasteiger partial charge in [0.05, 0.1) is 39.3 Å². The number of carbonyl (C=O) groups excluding carboxylic acids is 1. The van der Waals surface area contributed by atoms with Crippen LogP contribution in [0.4, 0.5) is 5.69 Å². The maximum atomic E-state index is 12.4. The molecule has 9 heteroatoms. The van der Waals surface area contributed by atoms with Crippen molar-refractivity contribution in [3.63, 3.8) is 0 Å². The minimum atomic E-state index is -0.757. The summed E-state index contributed by atoms with van der Waals surface area (Å²) < 4.78 is 6.55. The number of esters is 1. The first-order valence-corrected chi connectivity index (χ1v) is 8.40. The topological polar surface area (TPSA) is 104 Å². The maximum Gasteiger partial charge on any atom is 0.339 e. The molecule has 0 spiro atoms. The van der Waals surface area contributed by atoms with E-state index in [1.807, 2.05) is 0 Å². The third-order valence-corrected chi connectivity index (χ3v) is 4.22. The molecular weight excluding hydrogens is 374 g/mol. The van der Waals surface area contributed by atoms with Crippen molar-refractivity contribution in [1.29, 1.82) is 0 Å². The Morgan fingerprint density at radius 1 is 1.26 bits per heavy atom. The van der Waals surface area contributed by atoms with Crippen LogP contribution < -0.4 is 5.56 Å². The highest BCUT2D eigenvalue weighted by molar-refractivity contribution is 6.33. The number of benzene rings is 2. The number of aromatic nitrogens is 2. The predicted octanol–water partition coefficient (Wildman–Crippen LogP) is 3.21. The first-order chi connectivity index (χ1) is 13.0. The summed E-state index contributed by atoms with van der Waals surface area (Å²) in [6.45, 7) is 0.337. The average molecular weight is 388 g/mol. The minimum Gasteiger partial charge on any atom is -0.462 e. The van der Waals surface area contributed by atoms with Gasteiger partial charge in [0.25, 0.3) is 11.2 Å². The molecule has 138 valence electrons. The molecule has 0 bridgehead atoms. The number of non-ortho nitro benzene ring substituents is 1. The molecule has 0 fully saturated rings. The fourth-order valence-corrected chi connectivity index (χ4v) is 2.72. The summed E-state index contributed by atoms with van der Waals surface area (Å²) in [5, 5.41) is 11.4. The lowest BCUT2D eigenvalue weighted by molar-refractivity contribution is -0.384. The number of rotatable bonds is 6. The van der Waals surface area contributed by atoms with Crippen LogP contribution in [0.25, 0.3) is 10.9 Å². The molecule has 0 aliphatic heterocycles. The molecule has 0 N–H and O–H groups in total. The number of fused-ring (bicyclic) bond motifs is 1. The Morgan fingerprint density at radius 2 is 2.04 bits per heavy atom. The van der Waals surface area contributed by atoms with E-state index in [0.29, 0.717) is 23.9 Å². The number of carbonyl (C=O) groups is 1. The molecule has 2 aromatic carbocycles. The molecule has 0 radical (unpaired) electrons. The Kier molecular flexibility index (Phi) is 5.46. The van der Waals surface area contributed by atoms with E-state index in [4.69, 9.17) is 16.3 Å². The number of aryl methyl sites for hydroxylation is 1. The zero-order valence-corrected chi connectivity index (χ0v) is 14.8. The number of halogens is 1. The van der Waals surface area contributed by atoms with Gasteiger partial charge in [-0.15, -0.1) is 0 Å². The van der Waals surface area contributed by atoms with Crippen molar-refractivity contribution < 1.29 is 14.5 Å². The van der Waals surface area contributed by atoms with Crippen molar-refractivity contribution in [2.45, 2.75) is 13.0 Å². The molecule has 1 aromatic heterocycles. The molecule has 0 unspecified atom stereocenters. The summed E-state index contributed by atoms with van der Waals surface area (Å²) in [6, 6.07) is 10.6. The van der Waals surface area contributed by atoms with Gasteiger partial charge in [-0.1, -0.05) is 23.7 Å². The van der Waals surface area contributed by atoms with Crippen LogP contribution in [0, 0.1) is 10.1 Å². The Bertz CT molecular complexity index is 1080. The highest BCUT2D eigenvalue weighted by atomic mass is 35.5. The Morgan fingerprint density at radius 3 is 2.81 bits per heavy atom. The monoisotopic (exact) mass is 387 g/mol. The Labute approximate surface area is 158 Å². The van der Waals surface area contributed by atoms with Crippen molar-refractivity contribution in [2.75, 3.05) is 6.61 Å². The van der Waals surface area contributed by atoms with Crippen LogP contribution in [-0.2, 0) is 11.3 Å². The van der Waals surface area contributed by atoms with Gasteiger partial charge in [-0.2, -0.15) is 0 Å². The van der Waals surface area contributed by atoms with Crippen molar-refractivity contribution >= 4 is 34.2 Å². The maximum absolute atomic E-state index is 12.4. The van der Waals surface area contributed by atoms with E-state index < -0.39 is 10.9 Å². The van der Waals surface area contributed by atoms with Crippen LogP contribution in [0.15, 0.2) is 53.6 Å². The van der Waals surface area contributed by atoms with Crippen LogP contribution in [0.3, 0.4) is 0 Å². The molecule has 0 saturated heterocycles. The molecular formula is C18H14ClN3O5. The van der Waals surface area contributed by atoms with Gasteiger partial charge in [-0.25, -0.2) is 9.78 Å². The van der Waals surface area contributed by atoms with Gasteiger partial charge in [0.1, 0.15) is 0 Å². The zero-order chi connectivity index (χ0) is 19.4. The molecule has 3 aromatic rings. The standard InChI is InChI=1S/C18H14ClN3O5/c19-15-7-6-12(22(25)26)10-14(15)18(24)27-9-3-8-21-11-20-16-5-2-1-4-13(16)17(21)23/h1-2,4-7,10-11H,3,8-9H2. The summed E-state index contributed by atoms with van der Waals surface area (Å²) in [5.41, 5.74) is 0.120. The third kappa shape index (κ3) is 4.12. The van der Waals surface area contributed by atoms with E-state index >= 15 is 0 Å². The van der Waals surface area contributed by atoms with Crippen molar-refractivity contribution in [2.24, 2.45) is 0 Å². The van der Waals surface area contributed by atoms with E-state index in [-0.39, 0.29) is 28.4 Å². The first-order valence-electron chi connectivity index (χ1n) is 8.02. The molecule has 0 aliphatic carbocycles. The minimum absolute atomic E-state index is 0.0249. The van der Waals surface area contributed by atoms with E-state index in [0.717, 1.165) is 6.07 Å². The summed E-state index contributed by atoms with van der Waals surface area (Å²) in [6.07, 6.45) is 1.82. The van der Waals surface area contributed by atoms with Gasteiger partial charge >= 0.3 is 5.97 Å². The van der Waals surface area contributed by atoms with Gasteiger partial charge in [0.15, 0.2) is 0 Å². The van der Waals surface area contributed by atoms with Gasteiger partial charge in [0, 0.05) is 18.7 Å². The molecule has 8 nitrogen and oxygen atoms in total. The second-order valence-electron chi connectivity index (χ2n) is 5.67. The second-order valence-corrected chi connectivity index (χ2v) is 6.08. The van der Waals surface area contributed by atoms with E-state index in [2.05, 4.69) is 4.98 Å². The predicted molar refractivity (Wildman–Crippen MR) is 99.0 cm³/mol. The second kappa shape index (κ2) is 7.96. The van der Waals surface area contributed by atoms with Crippen molar-refractivity contribution in [3.05, 3.63) is 79.8 Å². The largest absolute Gasteiger partial charge is 0.462 e. The van der Waals surface area contributed by atoms with Gasteiger partial charge in [-0.05, 0) is 24.6 Å². The number of ether oxygens (including phenoxy) is 1. The number of nitro benzene ring substituents is 1. The molecule has 0 atom stereocenters. The normalized spacial score (nSPS) is 10.7. The lowest BCUT2D eigenvalue weighted by Crippen LogP contribution is -2.21. The van der Waals surface area contributed by atoms with Crippen molar-refractivity contribution in [3.8, 4) is 0 Å². The van der Waals surface area contributed by atoms with Crippen LogP contribution in [0.2, 0.25) is 5.02 Å². The fourth-order valence-electron chi connectivity index (χ4n) is 2.53. The highest BCUT2D eigenvalue weighted by Crippen LogP contribution is 2.22. The fraction of sp³-hybridized carbons (Fsp3) is 0.167. The molecule has 0 saturated carbocycles. The van der Waals surface area contributed by atoms with Crippen LogP contribution in [0.1, 0.15) is 16.8 Å². The number of nitro groups is 1. The third-order valence-electron chi connectivity index (χ3n) is 3.89. The van der Waals surface area contributed by atoms with Crippen molar-refractivity contribution in [1.82, 2.24) is 9.55 Å². The average Bonchev–Trinajstić information content (AvgIpc) is 2.67. The smallest absolute Gasteiger partial charge is 0.339 e. The van der Waals surface area contributed by atoms with Gasteiger partial charge in [-0.3, -0.25) is 19.5 Å². The number of hydrogen-bond donors (Lipinski definition) is 0.